The summed E-state index contributed by atoms with van der Waals surface area (Å²) >= 11 is 0. The van der Waals surface area contributed by atoms with Gasteiger partial charge in [0.2, 0.25) is 17.5 Å². The average Bonchev–Trinajstić information content (AvgIpc) is 3.01. The van der Waals surface area contributed by atoms with E-state index >= 15 is 0 Å². The number of nitrogens with two attached hydrogens (primary N) is 1. The molecule has 0 saturated heterocycles. The van der Waals surface area contributed by atoms with Crippen molar-refractivity contribution >= 4 is 5.90 Å². The topological polar surface area (TPSA) is 138 Å². The third-order valence-corrected chi connectivity index (χ3v) is 2.44. The SMILES string of the molecule is C#Cc1onc(-n2nnn(C)c2=O)c1COC(=N)/C=C\N. The summed E-state index contributed by atoms with van der Waals surface area (Å²) in [5.74, 6) is 2.23. The Kier molecular flexibility index (Phi) is 3.85. The van der Waals surface area contributed by atoms with E-state index in [1.165, 1.54) is 13.1 Å². The second-order valence-corrected chi connectivity index (χ2v) is 3.77. The first-order valence-corrected chi connectivity index (χ1v) is 5.62. The summed E-state index contributed by atoms with van der Waals surface area (Å²) in [6.45, 7) is -0.134. The summed E-state index contributed by atoms with van der Waals surface area (Å²) in [5, 5.41) is 18.3. The van der Waals surface area contributed by atoms with Crippen LogP contribution in [-0.2, 0) is 18.4 Å². The average molecular weight is 289 g/mol. The van der Waals surface area contributed by atoms with Crippen LogP contribution in [0.1, 0.15) is 11.3 Å². The second kappa shape index (κ2) is 5.74. The summed E-state index contributed by atoms with van der Waals surface area (Å²) in [7, 11) is 1.44. The zero-order valence-corrected chi connectivity index (χ0v) is 11.0. The van der Waals surface area contributed by atoms with Crippen LogP contribution in [-0.4, -0.2) is 30.8 Å². The Hall–Kier alpha value is -3.35. The van der Waals surface area contributed by atoms with Gasteiger partial charge in [-0.05, 0) is 22.5 Å². The lowest BCUT2D eigenvalue weighted by Gasteiger charge is -2.03. The maximum Gasteiger partial charge on any atom is 0.369 e. The molecule has 2 aromatic heterocycles. The molecular formula is C11H11N7O3. The molecule has 10 nitrogen and oxygen atoms in total. The number of tetrazole rings is 1. The molecule has 0 atom stereocenters. The lowest BCUT2D eigenvalue weighted by Crippen LogP contribution is -2.23. The molecule has 0 aliphatic rings. The minimum Gasteiger partial charge on any atom is -0.473 e. The van der Waals surface area contributed by atoms with Gasteiger partial charge in [-0.2, -0.15) is 4.68 Å². The number of hydrogen-bond acceptors (Lipinski definition) is 8. The summed E-state index contributed by atoms with van der Waals surface area (Å²) in [6, 6.07) is 0. The van der Waals surface area contributed by atoms with Gasteiger partial charge in [-0.3, -0.25) is 5.41 Å². The number of nitrogens with zero attached hydrogens (tertiary/aromatic N) is 5. The van der Waals surface area contributed by atoms with Crippen LogP contribution in [0, 0.1) is 17.8 Å². The van der Waals surface area contributed by atoms with E-state index in [1.807, 2.05) is 0 Å². The molecule has 0 fully saturated rings. The Balaban J connectivity index is 2.38. The lowest BCUT2D eigenvalue weighted by molar-refractivity contribution is 0.290. The van der Waals surface area contributed by atoms with Gasteiger partial charge in [0.05, 0.1) is 5.56 Å². The van der Waals surface area contributed by atoms with Crippen LogP contribution in [0.2, 0.25) is 0 Å². The highest BCUT2D eigenvalue weighted by Crippen LogP contribution is 2.17. The Morgan fingerprint density at radius 3 is 2.95 bits per heavy atom. The van der Waals surface area contributed by atoms with E-state index < -0.39 is 5.69 Å². The summed E-state index contributed by atoms with van der Waals surface area (Å²) in [5.41, 5.74) is 4.93. The van der Waals surface area contributed by atoms with Crippen LogP contribution in [0.15, 0.2) is 21.6 Å². The van der Waals surface area contributed by atoms with Gasteiger partial charge in [0.1, 0.15) is 6.61 Å². The molecular weight excluding hydrogens is 278 g/mol. The van der Waals surface area contributed by atoms with Crippen LogP contribution in [0.5, 0.6) is 0 Å². The maximum atomic E-state index is 11.8. The van der Waals surface area contributed by atoms with Crippen molar-refractivity contribution in [1.29, 1.82) is 5.41 Å². The van der Waals surface area contributed by atoms with Crippen LogP contribution >= 0.6 is 0 Å². The summed E-state index contributed by atoms with van der Waals surface area (Å²) < 4.78 is 12.0. The molecule has 2 aromatic rings. The molecule has 0 unspecified atom stereocenters. The van der Waals surface area contributed by atoms with Crippen molar-refractivity contribution in [1.82, 2.24) is 24.9 Å². The predicted molar refractivity (Wildman–Crippen MR) is 70.4 cm³/mol. The number of nitrogens with one attached hydrogen (secondary N) is 1. The fourth-order valence-corrected chi connectivity index (χ4v) is 1.44. The van der Waals surface area contributed by atoms with Gasteiger partial charge in [-0.15, -0.1) is 11.1 Å². The van der Waals surface area contributed by atoms with Gasteiger partial charge in [0, 0.05) is 13.1 Å². The van der Waals surface area contributed by atoms with E-state index in [4.69, 9.17) is 26.8 Å². The van der Waals surface area contributed by atoms with Gasteiger partial charge < -0.3 is 15.0 Å². The fourth-order valence-electron chi connectivity index (χ4n) is 1.44. The molecule has 2 heterocycles. The first-order chi connectivity index (χ1) is 10.1. The van der Waals surface area contributed by atoms with Crippen molar-refractivity contribution in [3.63, 3.8) is 0 Å². The molecule has 0 bridgehead atoms. The Morgan fingerprint density at radius 2 is 2.38 bits per heavy atom. The second-order valence-electron chi connectivity index (χ2n) is 3.77. The molecule has 2 rings (SSSR count). The van der Waals surface area contributed by atoms with Crippen LogP contribution in [0.25, 0.3) is 5.82 Å². The molecule has 0 aliphatic carbocycles. The predicted octanol–water partition coefficient (Wildman–Crippen LogP) is -1.10. The summed E-state index contributed by atoms with van der Waals surface area (Å²) in [4.78, 5) is 11.8. The van der Waals surface area contributed by atoms with Crippen molar-refractivity contribution in [2.45, 2.75) is 6.61 Å². The standard InChI is InChI=1S/C11H11N7O3/c1-3-8-7(6-20-9(13)4-5-12)10(14-21-8)18-11(19)17(2)15-16-18/h1,4-5,13H,6,12H2,2H3/b5-4-,13-9?. The van der Waals surface area contributed by atoms with Gasteiger partial charge >= 0.3 is 5.69 Å². The largest absolute Gasteiger partial charge is 0.473 e. The number of aromatic nitrogens is 5. The minimum atomic E-state index is -0.523. The van der Waals surface area contributed by atoms with Crippen molar-refractivity contribution in [2.24, 2.45) is 12.8 Å². The molecule has 21 heavy (non-hydrogen) atoms. The van der Waals surface area contributed by atoms with Crippen LogP contribution < -0.4 is 11.4 Å². The molecule has 0 amide bonds. The van der Waals surface area contributed by atoms with Crippen LogP contribution in [0.4, 0.5) is 0 Å². The number of ether oxygens (including phenoxy) is 1. The molecule has 0 spiro atoms. The highest BCUT2D eigenvalue weighted by Gasteiger charge is 2.20. The normalized spacial score (nSPS) is 10.7. The van der Waals surface area contributed by atoms with E-state index in [9.17, 15) is 4.79 Å². The first kappa shape index (κ1) is 14.1. The number of terminal acetylenes is 1. The fraction of sp³-hybridized carbons (Fsp3) is 0.182. The number of hydrogen-bond donors (Lipinski definition) is 2. The highest BCUT2D eigenvalue weighted by atomic mass is 16.5. The third-order valence-electron chi connectivity index (χ3n) is 2.44. The molecule has 3 N–H and O–H groups in total. The third kappa shape index (κ3) is 2.66. The quantitative estimate of drug-likeness (QED) is 0.414. The zero-order chi connectivity index (χ0) is 15.4. The van der Waals surface area contributed by atoms with Gasteiger partial charge in [-0.25, -0.2) is 4.79 Å². The van der Waals surface area contributed by atoms with E-state index in [2.05, 4.69) is 21.5 Å². The molecule has 0 radical (unpaired) electrons. The first-order valence-electron chi connectivity index (χ1n) is 5.62. The van der Waals surface area contributed by atoms with E-state index in [1.54, 1.807) is 0 Å². The van der Waals surface area contributed by atoms with Gasteiger partial charge in [0.15, 0.2) is 0 Å². The number of aryl methyl sites for hydroxylation is 1. The molecule has 0 aliphatic heterocycles. The minimum absolute atomic E-state index is 0.0607. The number of rotatable bonds is 4. The smallest absolute Gasteiger partial charge is 0.369 e. The molecule has 0 saturated carbocycles. The monoisotopic (exact) mass is 289 g/mol. The van der Waals surface area contributed by atoms with E-state index in [0.29, 0.717) is 5.56 Å². The van der Waals surface area contributed by atoms with Gasteiger partial charge in [-0.1, -0.05) is 5.16 Å². The van der Waals surface area contributed by atoms with Crippen molar-refractivity contribution in [3.05, 3.63) is 34.1 Å². The van der Waals surface area contributed by atoms with Crippen molar-refractivity contribution in [2.75, 3.05) is 0 Å². The van der Waals surface area contributed by atoms with E-state index in [-0.39, 0.29) is 24.1 Å². The maximum absolute atomic E-state index is 11.8. The Morgan fingerprint density at radius 1 is 1.62 bits per heavy atom. The summed E-state index contributed by atoms with van der Waals surface area (Å²) in [6.07, 6.45) is 7.70. The molecule has 0 aromatic carbocycles. The highest BCUT2D eigenvalue weighted by molar-refractivity contribution is 5.84. The zero-order valence-electron chi connectivity index (χ0n) is 11.0. The van der Waals surface area contributed by atoms with E-state index in [0.717, 1.165) is 15.6 Å². The Labute approximate surface area is 118 Å². The van der Waals surface area contributed by atoms with Crippen LogP contribution in [0.3, 0.4) is 0 Å². The van der Waals surface area contributed by atoms with Crippen molar-refractivity contribution < 1.29 is 9.26 Å². The van der Waals surface area contributed by atoms with Gasteiger partial charge in [0.25, 0.3) is 0 Å². The Bertz CT molecular complexity index is 790. The molecule has 10 heteroatoms. The molecule has 108 valence electrons. The lowest BCUT2D eigenvalue weighted by atomic mass is 10.2. The van der Waals surface area contributed by atoms with Crippen molar-refractivity contribution in [3.8, 4) is 18.2 Å².